The highest BCUT2D eigenvalue weighted by molar-refractivity contribution is 6.04. The number of imidazole rings is 1. The van der Waals surface area contributed by atoms with Crippen LogP contribution in [0.5, 0.6) is 0 Å². The van der Waals surface area contributed by atoms with Gasteiger partial charge in [0.2, 0.25) is 0 Å². The molecule has 9 nitrogen and oxygen atoms in total. The lowest BCUT2D eigenvalue weighted by Gasteiger charge is -2.30. The zero-order chi connectivity index (χ0) is 20.4. The van der Waals surface area contributed by atoms with E-state index in [2.05, 4.69) is 20.6 Å². The first kappa shape index (κ1) is 18.9. The molecule has 1 fully saturated rings. The fourth-order valence-corrected chi connectivity index (χ4v) is 3.28. The minimum atomic E-state index is -0.362. The second kappa shape index (κ2) is 7.86. The molecule has 2 aromatic heterocycles. The molecule has 3 heterocycles. The Morgan fingerprint density at radius 3 is 2.59 bits per heavy atom. The molecule has 1 N–H and O–H groups in total. The van der Waals surface area contributed by atoms with Gasteiger partial charge in [-0.3, -0.25) is 9.59 Å². The van der Waals surface area contributed by atoms with Crippen LogP contribution in [0.2, 0.25) is 0 Å². The molecule has 9 heteroatoms. The average Bonchev–Trinajstić information content (AvgIpc) is 3.24. The molecule has 0 saturated carbocycles. The van der Waals surface area contributed by atoms with Crippen LogP contribution in [0.3, 0.4) is 0 Å². The van der Waals surface area contributed by atoms with Crippen molar-refractivity contribution in [1.82, 2.24) is 34.8 Å². The van der Waals surface area contributed by atoms with Gasteiger partial charge in [0.1, 0.15) is 5.82 Å². The van der Waals surface area contributed by atoms with Gasteiger partial charge >= 0.3 is 0 Å². The van der Waals surface area contributed by atoms with Crippen LogP contribution < -0.4 is 5.32 Å². The topological polar surface area (TPSA) is 97.9 Å². The molecule has 0 atom stereocenters. The molecule has 3 aromatic rings. The summed E-state index contributed by atoms with van der Waals surface area (Å²) in [6, 6.07) is 9.95. The average molecular weight is 393 g/mol. The number of benzene rings is 1. The molecule has 1 aliphatic heterocycles. The first-order valence-corrected chi connectivity index (χ1v) is 9.59. The van der Waals surface area contributed by atoms with Gasteiger partial charge in [0.25, 0.3) is 11.8 Å². The maximum Gasteiger partial charge on any atom is 0.276 e. The van der Waals surface area contributed by atoms with E-state index in [1.807, 2.05) is 48.1 Å². The van der Waals surface area contributed by atoms with Gasteiger partial charge in [-0.2, -0.15) is 0 Å². The zero-order valence-corrected chi connectivity index (χ0v) is 16.5. The van der Waals surface area contributed by atoms with Crippen molar-refractivity contribution < 1.29 is 9.59 Å². The van der Waals surface area contributed by atoms with Crippen LogP contribution in [0.1, 0.15) is 33.2 Å². The van der Waals surface area contributed by atoms with E-state index in [1.165, 1.54) is 4.68 Å². The minimum absolute atomic E-state index is 0.105. The monoisotopic (exact) mass is 393 g/mol. The Morgan fingerprint density at radius 2 is 1.90 bits per heavy atom. The van der Waals surface area contributed by atoms with E-state index in [-0.39, 0.29) is 23.2 Å². The zero-order valence-electron chi connectivity index (χ0n) is 16.5. The third-order valence-corrected chi connectivity index (χ3v) is 5.06. The van der Waals surface area contributed by atoms with Crippen LogP contribution in [0.4, 0.5) is 0 Å². The maximum absolute atomic E-state index is 12.7. The maximum atomic E-state index is 12.7. The molecule has 1 saturated heterocycles. The fraction of sp³-hybridized carbons (Fsp3) is 0.350. The Kier molecular flexibility index (Phi) is 5.11. The molecular formula is C20H23N7O2. The molecular weight excluding hydrogens is 370 g/mol. The number of aryl methyl sites for hydroxylation is 2. The van der Waals surface area contributed by atoms with E-state index < -0.39 is 0 Å². The van der Waals surface area contributed by atoms with Crippen LogP contribution in [-0.4, -0.2) is 60.9 Å². The van der Waals surface area contributed by atoms with Crippen molar-refractivity contribution in [3.05, 3.63) is 53.7 Å². The number of likely N-dealkylation sites (tertiary alicyclic amines) is 1. The van der Waals surface area contributed by atoms with Gasteiger partial charge in [-0.1, -0.05) is 35.5 Å². The SMILES string of the molecule is Cn1cc(-c2ccccc2)nc1CCNC(=O)c1c(C(=O)N2CCC2)nnn1C. The molecule has 2 amide bonds. The van der Waals surface area contributed by atoms with Gasteiger partial charge in [-0.05, 0) is 6.42 Å². The van der Waals surface area contributed by atoms with Gasteiger partial charge in [-0.15, -0.1) is 5.10 Å². The lowest BCUT2D eigenvalue weighted by atomic mass is 10.2. The molecule has 1 aromatic carbocycles. The van der Waals surface area contributed by atoms with Crippen molar-refractivity contribution in [3.8, 4) is 11.3 Å². The Morgan fingerprint density at radius 1 is 1.14 bits per heavy atom. The largest absolute Gasteiger partial charge is 0.350 e. The highest BCUT2D eigenvalue weighted by Crippen LogP contribution is 2.18. The molecule has 0 spiro atoms. The number of rotatable bonds is 6. The normalized spacial score (nSPS) is 13.2. The number of hydrogen-bond donors (Lipinski definition) is 1. The number of nitrogens with one attached hydrogen (secondary N) is 1. The van der Waals surface area contributed by atoms with Crippen molar-refractivity contribution >= 4 is 11.8 Å². The molecule has 4 rings (SSSR count). The Hall–Kier alpha value is -3.49. The number of aromatic nitrogens is 5. The predicted octanol–water partition coefficient (Wildman–Crippen LogP) is 1.03. The number of carbonyl (C=O) groups excluding carboxylic acids is 2. The molecule has 150 valence electrons. The van der Waals surface area contributed by atoms with E-state index in [0.717, 1.165) is 23.5 Å². The van der Waals surface area contributed by atoms with E-state index in [9.17, 15) is 9.59 Å². The van der Waals surface area contributed by atoms with Gasteiger partial charge in [0.15, 0.2) is 11.4 Å². The van der Waals surface area contributed by atoms with E-state index >= 15 is 0 Å². The van der Waals surface area contributed by atoms with Gasteiger partial charge in [0, 0.05) is 51.9 Å². The lowest BCUT2D eigenvalue weighted by Crippen LogP contribution is -2.43. The van der Waals surface area contributed by atoms with Gasteiger partial charge in [0.05, 0.1) is 5.69 Å². The van der Waals surface area contributed by atoms with Crippen molar-refractivity contribution in [2.75, 3.05) is 19.6 Å². The molecule has 29 heavy (non-hydrogen) atoms. The van der Waals surface area contributed by atoms with Crippen LogP contribution in [0.15, 0.2) is 36.5 Å². The first-order chi connectivity index (χ1) is 14.0. The van der Waals surface area contributed by atoms with Crippen LogP contribution >= 0.6 is 0 Å². The Labute approximate surface area is 168 Å². The van der Waals surface area contributed by atoms with E-state index in [0.29, 0.717) is 26.1 Å². The summed E-state index contributed by atoms with van der Waals surface area (Å²) in [4.78, 5) is 31.5. The molecule has 0 radical (unpaired) electrons. The third-order valence-electron chi connectivity index (χ3n) is 5.06. The Balaban J connectivity index is 1.41. The number of carbonyl (C=O) groups is 2. The standard InChI is InChI=1S/C20H23N7O2/c1-25-13-15(14-7-4-3-5-8-14)22-16(25)9-10-21-19(28)18-17(23-24-26(18)2)20(29)27-11-6-12-27/h3-5,7-8,13H,6,9-12H2,1-2H3,(H,21,28). The highest BCUT2D eigenvalue weighted by atomic mass is 16.2. The summed E-state index contributed by atoms with van der Waals surface area (Å²) >= 11 is 0. The summed E-state index contributed by atoms with van der Waals surface area (Å²) in [5.74, 6) is 0.258. The summed E-state index contributed by atoms with van der Waals surface area (Å²) in [7, 11) is 3.55. The van der Waals surface area contributed by atoms with Crippen molar-refractivity contribution in [2.45, 2.75) is 12.8 Å². The van der Waals surface area contributed by atoms with E-state index in [1.54, 1.807) is 11.9 Å². The number of nitrogens with zero attached hydrogens (tertiary/aromatic N) is 6. The molecule has 0 aliphatic carbocycles. The smallest absolute Gasteiger partial charge is 0.276 e. The second-order valence-corrected chi connectivity index (χ2v) is 7.08. The predicted molar refractivity (Wildman–Crippen MR) is 106 cm³/mol. The van der Waals surface area contributed by atoms with Crippen LogP contribution in [0, 0.1) is 0 Å². The summed E-state index contributed by atoms with van der Waals surface area (Å²) in [6.45, 7) is 1.78. The summed E-state index contributed by atoms with van der Waals surface area (Å²) in [5, 5.41) is 10.6. The highest BCUT2D eigenvalue weighted by Gasteiger charge is 2.30. The van der Waals surface area contributed by atoms with E-state index in [4.69, 9.17) is 0 Å². The minimum Gasteiger partial charge on any atom is -0.350 e. The summed E-state index contributed by atoms with van der Waals surface area (Å²) in [6.07, 6.45) is 3.51. The quantitative estimate of drug-likeness (QED) is 0.675. The number of hydrogen-bond acceptors (Lipinski definition) is 5. The van der Waals surface area contributed by atoms with Gasteiger partial charge < -0.3 is 14.8 Å². The number of amides is 2. The second-order valence-electron chi connectivity index (χ2n) is 7.08. The molecule has 0 unspecified atom stereocenters. The van der Waals surface area contributed by atoms with Crippen LogP contribution in [-0.2, 0) is 20.5 Å². The van der Waals surface area contributed by atoms with Crippen molar-refractivity contribution in [3.63, 3.8) is 0 Å². The summed E-state index contributed by atoms with van der Waals surface area (Å²) in [5.41, 5.74) is 2.24. The fourth-order valence-electron chi connectivity index (χ4n) is 3.28. The first-order valence-electron chi connectivity index (χ1n) is 9.59. The van der Waals surface area contributed by atoms with Gasteiger partial charge in [-0.25, -0.2) is 9.67 Å². The Bertz CT molecular complexity index is 1030. The van der Waals surface area contributed by atoms with Crippen molar-refractivity contribution in [2.24, 2.45) is 14.1 Å². The third kappa shape index (κ3) is 3.75. The summed E-state index contributed by atoms with van der Waals surface area (Å²) < 4.78 is 3.30. The molecule has 1 aliphatic rings. The van der Waals surface area contributed by atoms with Crippen LogP contribution in [0.25, 0.3) is 11.3 Å². The lowest BCUT2D eigenvalue weighted by molar-refractivity contribution is 0.0640. The van der Waals surface area contributed by atoms with Crippen molar-refractivity contribution in [1.29, 1.82) is 0 Å². The molecule has 0 bridgehead atoms.